The van der Waals surface area contributed by atoms with Crippen LogP contribution in [0.25, 0.3) is 0 Å². The molecule has 1 aromatic heterocycles. The molecule has 0 radical (unpaired) electrons. The number of primary amides is 1. The largest absolute Gasteiger partial charge is 0.368 e. The van der Waals surface area contributed by atoms with Crippen LogP contribution in [-0.2, 0) is 4.79 Å². The van der Waals surface area contributed by atoms with Crippen LogP contribution in [0.1, 0.15) is 36.8 Å². The molecule has 0 bridgehead atoms. The van der Waals surface area contributed by atoms with Crippen LogP contribution in [0.4, 0.5) is 5.82 Å². The van der Waals surface area contributed by atoms with Crippen molar-refractivity contribution in [3.8, 4) is 0 Å². The lowest BCUT2D eigenvalue weighted by molar-refractivity contribution is -0.116. The van der Waals surface area contributed by atoms with E-state index in [1.54, 1.807) is 0 Å². The first-order valence-corrected chi connectivity index (χ1v) is 6.93. The molecule has 1 amide bonds. The van der Waals surface area contributed by atoms with Crippen molar-refractivity contribution in [3.05, 3.63) is 16.3 Å². The third kappa shape index (κ3) is 2.97. The van der Waals surface area contributed by atoms with Gasteiger partial charge in [0.1, 0.15) is 0 Å². The molecule has 19 heavy (non-hydrogen) atoms. The van der Waals surface area contributed by atoms with Gasteiger partial charge >= 0.3 is 0 Å². The van der Waals surface area contributed by atoms with Gasteiger partial charge < -0.3 is 10.6 Å². The van der Waals surface area contributed by atoms with Gasteiger partial charge in [0.15, 0.2) is 11.0 Å². The van der Waals surface area contributed by atoms with Crippen LogP contribution in [0.15, 0.2) is 0 Å². The molecule has 0 atom stereocenters. The molecule has 0 aromatic carbocycles. The van der Waals surface area contributed by atoms with Crippen LogP contribution in [0.5, 0.6) is 0 Å². The summed E-state index contributed by atoms with van der Waals surface area (Å²) in [5, 5.41) is 8.54. The SMILES string of the molecule is Cc1c(Cl)nnc(N(CC(N)=O)C2CCCC2)c1C. The lowest BCUT2D eigenvalue weighted by Gasteiger charge is -2.30. The summed E-state index contributed by atoms with van der Waals surface area (Å²) in [6.45, 7) is 4.04. The van der Waals surface area contributed by atoms with E-state index in [1.807, 2.05) is 18.7 Å². The first-order valence-electron chi connectivity index (χ1n) is 6.55. The first-order chi connectivity index (χ1) is 9.00. The Labute approximate surface area is 118 Å². The summed E-state index contributed by atoms with van der Waals surface area (Å²) in [6, 6.07) is 0.320. The van der Waals surface area contributed by atoms with Crippen LogP contribution in [-0.4, -0.2) is 28.7 Å². The molecular weight excluding hydrogens is 264 g/mol. The Morgan fingerprint density at radius 1 is 1.32 bits per heavy atom. The maximum Gasteiger partial charge on any atom is 0.237 e. The van der Waals surface area contributed by atoms with Gasteiger partial charge in [-0.05, 0) is 37.8 Å². The monoisotopic (exact) mass is 282 g/mol. The van der Waals surface area contributed by atoms with E-state index < -0.39 is 0 Å². The second-order valence-corrected chi connectivity index (χ2v) is 5.45. The first kappa shape index (κ1) is 14.1. The smallest absolute Gasteiger partial charge is 0.237 e. The Morgan fingerprint density at radius 2 is 1.95 bits per heavy atom. The van der Waals surface area contributed by atoms with E-state index >= 15 is 0 Å². The lowest BCUT2D eigenvalue weighted by Crippen LogP contribution is -2.41. The Balaban J connectivity index is 2.37. The third-order valence-corrected chi connectivity index (χ3v) is 4.16. The van der Waals surface area contributed by atoms with Crippen LogP contribution in [0, 0.1) is 13.8 Å². The number of hydrogen-bond donors (Lipinski definition) is 1. The third-order valence-electron chi connectivity index (χ3n) is 3.80. The number of halogens is 1. The van der Waals surface area contributed by atoms with Crippen LogP contribution in [0.2, 0.25) is 5.15 Å². The second-order valence-electron chi connectivity index (χ2n) is 5.10. The lowest BCUT2D eigenvalue weighted by atomic mass is 10.1. The van der Waals surface area contributed by atoms with Crippen LogP contribution >= 0.6 is 11.6 Å². The predicted octanol–water partition coefficient (Wildman–Crippen LogP) is 1.98. The molecule has 1 aromatic rings. The number of nitrogens with two attached hydrogens (primary N) is 1. The molecule has 0 aliphatic heterocycles. The number of hydrogen-bond acceptors (Lipinski definition) is 4. The average molecular weight is 283 g/mol. The van der Waals surface area contributed by atoms with E-state index in [-0.39, 0.29) is 12.5 Å². The molecule has 5 nitrogen and oxygen atoms in total. The van der Waals surface area contributed by atoms with E-state index in [0.717, 1.165) is 29.8 Å². The standard InChI is InChI=1S/C13H19ClN4O/c1-8-9(2)13(17-16-12(8)14)18(7-11(15)19)10-5-3-4-6-10/h10H,3-7H2,1-2H3,(H2,15,19). The van der Waals surface area contributed by atoms with Crippen molar-refractivity contribution in [2.24, 2.45) is 5.73 Å². The fourth-order valence-corrected chi connectivity index (χ4v) is 2.78. The molecule has 1 saturated carbocycles. The van der Waals surface area contributed by atoms with Crippen molar-refractivity contribution >= 4 is 23.3 Å². The fraction of sp³-hybridized carbons (Fsp3) is 0.615. The van der Waals surface area contributed by atoms with Crippen molar-refractivity contribution in [3.63, 3.8) is 0 Å². The van der Waals surface area contributed by atoms with Gasteiger partial charge in [-0.1, -0.05) is 24.4 Å². The van der Waals surface area contributed by atoms with Gasteiger partial charge in [-0.15, -0.1) is 10.2 Å². The topological polar surface area (TPSA) is 72.1 Å². The van der Waals surface area contributed by atoms with Gasteiger partial charge in [0.25, 0.3) is 0 Å². The quantitative estimate of drug-likeness (QED) is 0.916. The Bertz CT molecular complexity index is 486. The Hall–Kier alpha value is -1.36. The van der Waals surface area contributed by atoms with Crippen molar-refractivity contribution in [2.45, 2.75) is 45.6 Å². The number of amides is 1. The minimum Gasteiger partial charge on any atom is -0.368 e. The summed E-state index contributed by atoms with van der Waals surface area (Å²) in [5.74, 6) is 0.383. The summed E-state index contributed by atoms with van der Waals surface area (Å²) in [7, 11) is 0. The number of carbonyl (C=O) groups is 1. The summed E-state index contributed by atoms with van der Waals surface area (Å²) >= 11 is 5.97. The highest BCUT2D eigenvalue weighted by atomic mass is 35.5. The van der Waals surface area contributed by atoms with Crippen LogP contribution in [0.3, 0.4) is 0 Å². The van der Waals surface area contributed by atoms with E-state index in [0.29, 0.717) is 11.2 Å². The maximum absolute atomic E-state index is 11.3. The van der Waals surface area contributed by atoms with Gasteiger partial charge in [0.05, 0.1) is 6.54 Å². The molecule has 104 valence electrons. The predicted molar refractivity (Wildman–Crippen MR) is 75.3 cm³/mol. The molecular formula is C13H19ClN4O. The molecule has 1 fully saturated rings. The van der Waals surface area contributed by atoms with Gasteiger partial charge in [-0.3, -0.25) is 4.79 Å². The number of nitrogens with zero attached hydrogens (tertiary/aromatic N) is 3. The van der Waals surface area contributed by atoms with Gasteiger partial charge in [0.2, 0.25) is 5.91 Å². The highest BCUT2D eigenvalue weighted by molar-refractivity contribution is 6.30. The molecule has 1 heterocycles. The number of carbonyl (C=O) groups excluding carboxylic acids is 1. The van der Waals surface area contributed by atoms with Crippen molar-refractivity contribution in [1.29, 1.82) is 0 Å². The summed E-state index contributed by atoms with van der Waals surface area (Å²) in [6.07, 6.45) is 4.49. The molecule has 0 unspecified atom stereocenters. The van der Waals surface area contributed by atoms with Crippen molar-refractivity contribution < 1.29 is 4.79 Å². The molecule has 2 N–H and O–H groups in total. The maximum atomic E-state index is 11.3. The van der Waals surface area contributed by atoms with E-state index in [1.165, 1.54) is 12.8 Å². The van der Waals surface area contributed by atoms with Gasteiger partial charge in [0, 0.05) is 6.04 Å². The molecule has 2 rings (SSSR count). The number of rotatable bonds is 4. The van der Waals surface area contributed by atoms with Gasteiger partial charge in [-0.2, -0.15) is 0 Å². The van der Waals surface area contributed by atoms with Crippen molar-refractivity contribution in [1.82, 2.24) is 10.2 Å². The average Bonchev–Trinajstić information content (AvgIpc) is 2.87. The molecule has 1 aliphatic carbocycles. The highest BCUT2D eigenvalue weighted by Crippen LogP contribution is 2.30. The molecule has 0 saturated heterocycles. The zero-order chi connectivity index (χ0) is 14.0. The summed E-state index contributed by atoms with van der Waals surface area (Å²) in [5.41, 5.74) is 7.23. The molecule has 6 heteroatoms. The number of anilines is 1. The summed E-state index contributed by atoms with van der Waals surface area (Å²) in [4.78, 5) is 13.3. The van der Waals surface area contributed by atoms with E-state index in [9.17, 15) is 4.79 Å². The summed E-state index contributed by atoms with van der Waals surface area (Å²) < 4.78 is 0. The molecule has 1 aliphatic rings. The Morgan fingerprint density at radius 3 is 2.53 bits per heavy atom. The highest BCUT2D eigenvalue weighted by Gasteiger charge is 2.27. The van der Waals surface area contributed by atoms with E-state index in [2.05, 4.69) is 10.2 Å². The number of aromatic nitrogens is 2. The zero-order valence-electron chi connectivity index (χ0n) is 11.3. The zero-order valence-corrected chi connectivity index (χ0v) is 12.1. The second kappa shape index (κ2) is 5.74. The van der Waals surface area contributed by atoms with Gasteiger partial charge in [-0.25, -0.2) is 0 Å². The van der Waals surface area contributed by atoms with Crippen LogP contribution < -0.4 is 10.6 Å². The minimum absolute atomic E-state index is 0.182. The fourth-order valence-electron chi connectivity index (χ4n) is 2.60. The minimum atomic E-state index is -0.347. The Kier molecular flexibility index (Phi) is 4.24. The van der Waals surface area contributed by atoms with E-state index in [4.69, 9.17) is 17.3 Å². The van der Waals surface area contributed by atoms with Crippen molar-refractivity contribution in [2.75, 3.05) is 11.4 Å². The molecule has 0 spiro atoms. The normalized spacial score (nSPS) is 15.7.